The summed E-state index contributed by atoms with van der Waals surface area (Å²) >= 11 is 0. The molecule has 0 aliphatic heterocycles. The first-order valence-corrected chi connectivity index (χ1v) is 5.57. The van der Waals surface area contributed by atoms with Gasteiger partial charge < -0.3 is 20.4 Å². The van der Waals surface area contributed by atoms with Gasteiger partial charge in [-0.1, -0.05) is 0 Å². The second kappa shape index (κ2) is 5.35. The van der Waals surface area contributed by atoms with Crippen LogP contribution in [0.2, 0.25) is 0 Å². The average molecular weight is 248 g/mol. The molecule has 96 valence electrons. The van der Waals surface area contributed by atoms with Gasteiger partial charge in [0.05, 0.1) is 13.4 Å². The van der Waals surface area contributed by atoms with E-state index in [-0.39, 0.29) is 6.04 Å². The molecular formula is C11H16N6O. The summed E-state index contributed by atoms with van der Waals surface area (Å²) in [6.07, 6.45) is 6.83. The summed E-state index contributed by atoms with van der Waals surface area (Å²) in [5.41, 5.74) is 6.30. The lowest BCUT2D eigenvalue weighted by molar-refractivity contribution is 0.399. The van der Waals surface area contributed by atoms with Crippen molar-refractivity contribution in [3.8, 4) is 5.88 Å². The highest BCUT2D eigenvalue weighted by atomic mass is 16.5. The molecule has 0 fully saturated rings. The molecule has 1 atom stereocenters. The summed E-state index contributed by atoms with van der Waals surface area (Å²) in [6, 6.07) is 0.154. The maximum atomic E-state index is 5.88. The molecule has 0 saturated heterocycles. The largest absolute Gasteiger partial charge is 0.479 e. The molecule has 0 radical (unpaired) electrons. The summed E-state index contributed by atoms with van der Waals surface area (Å²) < 4.78 is 7.02. The van der Waals surface area contributed by atoms with Gasteiger partial charge in [0, 0.05) is 25.0 Å². The molecule has 0 amide bonds. The Morgan fingerprint density at radius 3 is 3.00 bits per heavy atom. The number of nitrogens with two attached hydrogens (primary N) is 1. The predicted molar refractivity (Wildman–Crippen MR) is 68.3 cm³/mol. The van der Waals surface area contributed by atoms with E-state index < -0.39 is 0 Å². The van der Waals surface area contributed by atoms with Crippen LogP contribution in [0, 0.1) is 0 Å². The number of aromatic nitrogens is 4. The van der Waals surface area contributed by atoms with E-state index in [2.05, 4.69) is 20.3 Å². The summed E-state index contributed by atoms with van der Waals surface area (Å²) in [6.45, 7) is 2.81. The Morgan fingerprint density at radius 2 is 2.33 bits per heavy atom. The average Bonchev–Trinajstić information content (AvgIpc) is 2.84. The molecule has 0 bridgehead atoms. The van der Waals surface area contributed by atoms with Gasteiger partial charge in [-0.25, -0.2) is 9.97 Å². The van der Waals surface area contributed by atoms with E-state index >= 15 is 0 Å². The van der Waals surface area contributed by atoms with Crippen molar-refractivity contribution in [3.63, 3.8) is 0 Å². The molecule has 18 heavy (non-hydrogen) atoms. The Labute approximate surface area is 105 Å². The predicted octanol–water partition coefficient (Wildman–Crippen LogP) is 0.764. The SMILES string of the molecule is COc1ncnc(NC(C)Cn2ccnc2)c1N. The molecular weight excluding hydrogens is 232 g/mol. The normalized spacial score (nSPS) is 12.1. The monoisotopic (exact) mass is 248 g/mol. The molecule has 2 rings (SSSR count). The van der Waals surface area contributed by atoms with Crippen LogP contribution in [0.4, 0.5) is 11.5 Å². The second-order valence-corrected chi connectivity index (χ2v) is 3.95. The number of hydrogen-bond acceptors (Lipinski definition) is 6. The maximum Gasteiger partial charge on any atom is 0.242 e. The Hall–Kier alpha value is -2.31. The number of anilines is 2. The zero-order valence-electron chi connectivity index (χ0n) is 10.4. The smallest absolute Gasteiger partial charge is 0.242 e. The maximum absolute atomic E-state index is 5.88. The molecule has 0 aromatic carbocycles. The topological polar surface area (TPSA) is 90.9 Å². The fraction of sp³-hybridized carbons (Fsp3) is 0.364. The van der Waals surface area contributed by atoms with Crippen LogP contribution in [0.25, 0.3) is 0 Å². The van der Waals surface area contributed by atoms with Crippen LogP contribution in [-0.4, -0.2) is 32.7 Å². The van der Waals surface area contributed by atoms with Crippen molar-refractivity contribution in [2.45, 2.75) is 19.5 Å². The van der Waals surface area contributed by atoms with E-state index in [1.807, 2.05) is 17.7 Å². The van der Waals surface area contributed by atoms with Crippen molar-refractivity contribution in [2.24, 2.45) is 0 Å². The van der Waals surface area contributed by atoms with Crippen LogP contribution in [0.3, 0.4) is 0 Å². The number of hydrogen-bond donors (Lipinski definition) is 2. The van der Waals surface area contributed by atoms with Crippen LogP contribution in [-0.2, 0) is 6.54 Å². The van der Waals surface area contributed by atoms with Gasteiger partial charge in [-0.2, -0.15) is 4.98 Å². The lowest BCUT2D eigenvalue weighted by atomic mass is 10.3. The van der Waals surface area contributed by atoms with E-state index in [1.165, 1.54) is 13.4 Å². The first-order valence-electron chi connectivity index (χ1n) is 5.57. The quantitative estimate of drug-likeness (QED) is 0.812. The number of ether oxygens (including phenoxy) is 1. The van der Waals surface area contributed by atoms with Gasteiger partial charge in [-0.15, -0.1) is 0 Å². The number of nitrogens with one attached hydrogen (secondary N) is 1. The van der Waals surface area contributed by atoms with E-state index in [4.69, 9.17) is 10.5 Å². The number of nitrogens with zero attached hydrogens (tertiary/aromatic N) is 4. The molecule has 0 spiro atoms. The molecule has 0 aliphatic rings. The molecule has 7 heteroatoms. The second-order valence-electron chi connectivity index (χ2n) is 3.95. The highest BCUT2D eigenvalue weighted by molar-refractivity contribution is 5.66. The van der Waals surface area contributed by atoms with Crippen molar-refractivity contribution in [1.29, 1.82) is 0 Å². The van der Waals surface area contributed by atoms with Crippen LogP contribution in [0.15, 0.2) is 25.0 Å². The third-order valence-electron chi connectivity index (χ3n) is 2.47. The van der Waals surface area contributed by atoms with Crippen molar-refractivity contribution < 1.29 is 4.74 Å². The molecule has 2 aromatic rings. The summed E-state index contributed by atoms with van der Waals surface area (Å²) in [7, 11) is 1.53. The lowest BCUT2D eigenvalue weighted by Gasteiger charge is -2.16. The van der Waals surface area contributed by atoms with Crippen LogP contribution in [0.5, 0.6) is 5.88 Å². The number of rotatable bonds is 5. The number of methoxy groups -OCH3 is 1. The zero-order chi connectivity index (χ0) is 13.0. The van der Waals surface area contributed by atoms with Crippen LogP contribution >= 0.6 is 0 Å². The van der Waals surface area contributed by atoms with E-state index in [0.717, 1.165) is 6.54 Å². The van der Waals surface area contributed by atoms with Crippen LogP contribution in [0.1, 0.15) is 6.92 Å². The van der Waals surface area contributed by atoms with Gasteiger partial charge in [0.1, 0.15) is 12.0 Å². The Morgan fingerprint density at radius 1 is 1.50 bits per heavy atom. The fourth-order valence-corrected chi connectivity index (χ4v) is 1.65. The Balaban J connectivity index is 2.05. The van der Waals surface area contributed by atoms with E-state index in [9.17, 15) is 0 Å². The molecule has 0 saturated carbocycles. The van der Waals surface area contributed by atoms with Crippen molar-refractivity contribution >= 4 is 11.5 Å². The molecule has 7 nitrogen and oxygen atoms in total. The molecule has 3 N–H and O–H groups in total. The Bertz CT molecular complexity index is 498. The summed E-state index contributed by atoms with van der Waals surface area (Å²) in [4.78, 5) is 12.0. The first kappa shape index (κ1) is 12.2. The molecule has 0 aliphatic carbocycles. The summed E-state index contributed by atoms with van der Waals surface area (Å²) in [5, 5.41) is 3.22. The van der Waals surface area contributed by atoms with Gasteiger partial charge in [0.25, 0.3) is 0 Å². The van der Waals surface area contributed by atoms with E-state index in [1.54, 1.807) is 12.5 Å². The van der Waals surface area contributed by atoms with Gasteiger partial charge in [-0.3, -0.25) is 0 Å². The molecule has 2 heterocycles. The molecule has 2 aromatic heterocycles. The summed E-state index contributed by atoms with van der Waals surface area (Å²) in [5.74, 6) is 0.955. The van der Waals surface area contributed by atoms with Crippen molar-refractivity contribution in [2.75, 3.05) is 18.2 Å². The van der Waals surface area contributed by atoms with Crippen molar-refractivity contribution in [1.82, 2.24) is 19.5 Å². The van der Waals surface area contributed by atoms with Crippen molar-refractivity contribution in [3.05, 3.63) is 25.0 Å². The first-order chi connectivity index (χ1) is 8.70. The highest BCUT2D eigenvalue weighted by Gasteiger charge is 2.11. The lowest BCUT2D eigenvalue weighted by Crippen LogP contribution is -2.22. The third kappa shape index (κ3) is 2.68. The highest BCUT2D eigenvalue weighted by Crippen LogP contribution is 2.24. The minimum absolute atomic E-state index is 0.154. The fourth-order valence-electron chi connectivity index (χ4n) is 1.65. The number of nitrogen functional groups attached to an aromatic ring is 1. The standard InChI is InChI=1S/C11H16N6O/c1-8(5-17-4-3-13-7-17)16-10-9(12)11(18-2)15-6-14-10/h3-4,6-8H,5,12H2,1-2H3,(H,14,15,16). The van der Waals surface area contributed by atoms with Gasteiger partial charge in [0.2, 0.25) is 5.88 Å². The van der Waals surface area contributed by atoms with E-state index in [0.29, 0.717) is 17.4 Å². The minimum atomic E-state index is 0.154. The van der Waals surface area contributed by atoms with Gasteiger partial charge >= 0.3 is 0 Å². The minimum Gasteiger partial charge on any atom is -0.479 e. The Kier molecular flexibility index (Phi) is 3.61. The number of imidazole rings is 1. The molecule has 1 unspecified atom stereocenters. The van der Waals surface area contributed by atoms with Gasteiger partial charge in [0.15, 0.2) is 5.82 Å². The van der Waals surface area contributed by atoms with Gasteiger partial charge in [-0.05, 0) is 6.92 Å². The zero-order valence-corrected chi connectivity index (χ0v) is 10.4. The van der Waals surface area contributed by atoms with Crippen LogP contribution < -0.4 is 15.8 Å². The third-order valence-corrected chi connectivity index (χ3v) is 2.47.